The third-order valence-corrected chi connectivity index (χ3v) is 4.24. The van der Waals surface area contributed by atoms with E-state index in [0.717, 1.165) is 6.42 Å². The van der Waals surface area contributed by atoms with Crippen LogP contribution in [0.1, 0.15) is 42.1 Å². The fourth-order valence-electron chi connectivity index (χ4n) is 2.76. The molecule has 0 saturated carbocycles. The predicted molar refractivity (Wildman–Crippen MR) is 114 cm³/mol. The third kappa shape index (κ3) is 6.68. The number of hydrogen-bond donors (Lipinski definition) is 0. The highest BCUT2D eigenvalue weighted by Gasteiger charge is 2.34. The lowest BCUT2D eigenvalue weighted by Gasteiger charge is -2.19. The van der Waals surface area contributed by atoms with E-state index in [1.165, 1.54) is 23.3 Å². The van der Waals surface area contributed by atoms with Crippen LogP contribution in [0.5, 0.6) is 11.5 Å². The normalized spacial score (nSPS) is 11.1. The van der Waals surface area contributed by atoms with Gasteiger partial charge in [-0.1, -0.05) is 54.8 Å². The first kappa shape index (κ1) is 24.3. The second kappa shape index (κ2) is 12.7. The van der Waals surface area contributed by atoms with E-state index >= 15 is 0 Å². The maximum Gasteiger partial charge on any atom is 0.321 e. The van der Waals surface area contributed by atoms with Crippen molar-refractivity contribution in [1.29, 1.82) is 0 Å². The highest BCUT2D eigenvalue weighted by Crippen LogP contribution is 2.34. The van der Waals surface area contributed by atoms with Crippen LogP contribution < -0.4 is 9.47 Å². The highest BCUT2D eigenvalue weighted by molar-refractivity contribution is 7.00. The van der Waals surface area contributed by atoms with Crippen LogP contribution in [0.2, 0.25) is 0 Å². The molecule has 2 atom stereocenters. The van der Waals surface area contributed by atoms with Gasteiger partial charge < -0.3 is 14.2 Å². The van der Waals surface area contributed by atoms with Crippen LogP contribution >= 0.6 is 9.12 Å². The molecular formula is C22H28O6P+. The van der Waals surface area contributed by atoms with Crippen LogP contribution in [0, 0.1) is 5.92 Å². The minimum absolute atomic E-state index is 0.233. The zero-order valence-corrected chi connectivity index (χ0v) is 18.4. The van der Waals surface area contributed by atoms with Gasteiger partial charge in [-0.3, -0.25) is 9.59 Å². The number of rotatable bonds is 9. The molecule has 0 N–H and O–H groups in total. The molecule has 0 saturated heterocycles. The Hall–Kier alpha value is -2.72. The molecule has 0 radical (unpaired) electrons. The van der Waals surface area contributed by atoms with Crippen LogP contribution in [0.3, 0.4) is 0 Å². The minimum Gasteiger partial charge on any atom is -0.496 e. The van der Waals surface area contributed by atoms with Gasteiger partial charge in [-0.25, -0.2) is 0 Å². The standard InChI is InChI=1S/C22H26O5.H2OP/c1-15(2)13-14-27-22(24)19(16-9-6-5-7-10-16)21(23)20-17(25-3)11-8-12-18(20)26-4;1-2/h5-12,15,19H,13-14H2,1-4H3;2H2/q;+1. The SMILES string of the molecule is COc1cccc(OC)c1C(=O)C(C(=O)OCCC(C)C)c1ccccc1.O=[PH2+]. The third-order valence-electron chi connectivity index (χ3n) is 4.24. The summed E-state index contributed by atoms with van der Waals surface area (Å²) in [5, 5.41) is 0. The van der Waals surface area contributed by atoms with Crippen LogP contribution in [0.4, 0.5) is 0 Å². The Morgan fingerprint density at radius 2 is 1.45 bits per heavy atom. The molecule has 0 amide bonds. The van der Waals surface area contributed by atoms with E-state index in [1.807, 2.05) is 19.9 Å². The van der Waals surface area contributed by atoms with Crippen molar-refractivity contribution >= 4 is 20.9 Å². The van der Waals surface area contributed by atoms with Crippen molar-refractivity contribution in [3.8, 4) is 11.5 Å². The Labute approximate surface area is 173 Å². The van der Waals surface area contributed by atoms with Gasteiger partial charge in [0.1, 0.15) is 23.0 Å². The van der Waals surface area contributed by atoms with Crippen LogP contribution in [0.15, 0.2) is 48.5 Å². The summed E-state index contributed by atoms with van der Waals surface area (Å²) >= 11 is 0. The molecular weight excluding hydrogens is 391 g/mol. The molecule has 2 aromatic carbocycles. The van der Waals surface area contributed by atoms with E-state index < -0.39 is 17.7 Å². The lowest BCUT2D eigenvalue weighted by Crippen LogP contribution is -2.26. The number of ether oxygens (including phenoxy) is 3. The smallest absolute Gasteiger partial charge is 0.321 e. The Morgan fingerprint density at radius 1 is 0.897 bits per heavy atom. The van der Waals surface area contributed by atoms with Crippen molar-refractivity contribution in [3.05, 3.63) is 59.7 Å². The maximum atomic E-state index is 13.4. The number of hydrogen-bond acceptors (Lipinski definition) is 6. The van der Waals surface area contributed by atoms with E-state index in [4.69, 9.17) is 18.8 Å². The van der Waals surface area contributed by atoms with E-state index in [9.17, 15) is 9.59 Å². The van der Waals surface area contributed by atoms with Gasteiger partial charge in [0.25, 0.3) is 0 Å². The number of carbonyl (C=O) groups excluding carboxylic acids is 2. The fourth-order valence-corrected chi connectivity index (χ4v) is 2.76. The first-order valence-corrected chi connectivity index (χ1v) is 9.67. The molecule has 156 valence electrons. The maximum absolute atomic E-state index is 13.4. The van der Waals surface area contributed by atoms with Gasteiger partial charge in [-0.05, 0) is 30.0 Å². The second-order valence-electron chi connectivity index (χ2n) is 6.60. The van der Waals surface area contributed by atoms with E-state index in [2.05, 4.69) is 0 Å². The highest BCUT2D eigenvalue weighted by atomic mass is 31.0. The number of carbonyl (C=O) groups is 2. The molecule has 0 aromatic heterocycles. The van der Waals surface area contributed by atoms with Crippen LogP contribution in [-0.2, 0) is 14.1 Å². The topological polar surface area (TPSA) is 78.9 Å². The summed E-state index contributed by atoms with van der Waals surface area (Å²) < 4.78 is 24.3. The first-order valence-electron chi connectivity index (χ1n) is 9.20. The number of Topliss-reactive ketones (excluding diaryl/α,β-unsaturated/α-hetero) is 1. The number of methoxy groups -OCH3 is 2. The molecule has 29 heavy (non-hydrogen) atoms. The van der Waals surface area contributed by atoms with Crippen molar-refractivity contribution in [2.45, 2.75) is 26.2 Å². The molecule has 0 aliphatic carbocycles. The molecule has 0 aliphatic rings. The molecule has 2 aromatic rings. The molecule has 2 rings (SSSR count). The molecule has 0 aliphatic heterocycles. The van der Waals surface area contributed by atoms with Gasteiger partial charge in [-0.2, -0.15) is 0 Å². The van der Waals surface area contributed by atoms with Crippen molar-refractivity contribution in [3.63, 3.8) is 0 Å². The van der Waals surface area contributed by atoms with Crippen molar-refractivity contribution in [2.75, 3.05) is 20.8 Å². The van der Waals surface area contributed by atoms with Gasteiger partial charge in [0.05, 0.1) is 20.8 Å². The summed E-state index contributed by atoms with van der Waals surface area (Å²) in [4.78, 5) is 26.2. The van der Waals surface area contributed by atoms with Crippen LogP contribution in [-0.4, -0.2) is 32.6 Å². The molecule has 0 fully saturated rings. The van der Waals surface area contributed by atoms with E-state index in [1.54, 1.807) is 42.5 Å². The summed E-state index contributed by atoms with van der Waals surface area (Å²) in [5.41, 5.74) is 0.808. The zero-order valence-electron chi connectivity index (χ0n) is 17.2. The zero-order chi connectivity index (χ0) is 21.8. The average Bonchev–Trinajstić information content (AvgIpc) is 2.75. The Morgan fingerprint density at radius 3 is 1.93 bits per heavy atom. The monoisotopic (exact) mass is 419 g/mol. The Balaban J connectivity index is 0.00000204. The van der Waals surface area contributed by atoms with Crippen molar-refractivity contribution in [2.24, 2.45) is 5.92 Å². The molecule has 6 nitrogen and oxygen atoms in total. The van der Waals surface area contributed by atoms with Crippen molar-refractivity contribution < 1.29 is 28.4 Å². The van der Waals surface area contributed by atoms with Gasteiger partial charge in [0.15, 0.2) is 5.78 Å². The molecule has 0 heterocycles. The number of ketones is 1. The fraction of sp³-hybridized carbons (Fsp3) is 0.364. The second-order valence-corrected chi connectivity index (χ2v) is 6.60. The molecule has 0 spiro atoms. The molecule has 7 heteroatoms. The number of benzene rings is 2. The summed E-state index contributed by atoms with van der Waals surface area (Å²) in [7, 11) is 4.12. The Bertz CT molecular complexity index is 769. The predicted octanol–water partition coefficient (Wildman–Crippen LogP) is 4.47. The Kier molecular flexibility index (Phi) is 10.6. The van der Waals surface area contributed by atoms with E-state index in [0.29, 0.717) is 23.0 Å². The summed E-state index contributed by atoms with van der Waals surface area (Å²) in [5.74, 6) is -0.947. The van der Waals surface area contributed by atoms with Crippen molar-refractivity contribution in [1.82, 2.24) is 0 Å². The molecule has 2 unspecified atom stereocenters. The first-order chi connectivity index (χ1) is 14.0. The average molecular weight is 419 g/mol. The van der Waals surface area contributed by atoms with Gasteiger partial charge in [-0.15, -0.1) is 0 Å². The van der Waals surface area contributed by atoms with Gasteiger partial charge in [0, 0.05) is 0 Å². The lowest BCUT2D eigenvalue weighted by molar-refractivity contribution is -0.144. The summed E-state index contributed by atoms with van der Waals surface area (Å²) in [6, 6.07) is 14.0. The lowest BCUT2D eigenvalue weighted by atomic mass is 9.89. The number of esters is 1. The summed E-state index contributed by atoms with van der Waals surface area (Å²) in [6.07, 6.45) is 0.736. The van der Waals surface area contributed by atoms with E-state index in [-0.39, 0.29) is 12.2 Å². The van der Waals surface area contributed by atoms with Crippen LogP contribution in [0.25, 0.3) is 0 Å². The minimum atomic E-state index is -1.08. The van der Waals surface area contributed by atoms with Gasteiger partial charge >= 0.3 is 15.1 Å². The summed E-state index contributed by atoms with van der Waals surface area (Å²) in [6.45, 7) is 4.37. The largest absolute Gasteiger partial charge is 0.496 e. The molecule has 0 bridgehead atoms. The van der Waals surface area contributed by atoms with Gasteiger partial charge in [0.2, 0.25) is 0 Å². The quantitative estimate of drug-likeness (QED) is 0.258.